The molecule has 0 aliphatic heterocycles. The van der Waals surface area contributed by atoms with Gasteiger partial charge in [0.15, 0.2) is 11.5 Å². The number of aromatic amines is 2. The molecular formula is C17H13BrN4O2. The molecule has 0 unspecified atom stereocenters. The molecule has 0 aliphatic rings. The van der Waals surface area contributed by atoms with E-state index >= 15 is 0 Å². The van der Waals surface area contributed by atoms with Gasteiger partial charge in [0.1, 0.15) is 0 Å². The minimum Gasteiger partial charge on any atom is -0.295 e. The Morgan fingerprint density at radius 1 is 0.958 bits per heavy atom. The van der Waals surface area contributed by atoms with Gasteiger partial charge in [-0.3, -0.25) is 19.8 Å². The van der Waals surface area contributed by atoms with E-state index < -0.39 is 0 Å². The number of azo groups is 1. The van der Waals surface area contributed by atoms with E-state index in [0.717, 1.165) is 10.0 Å². The van der Waals surface area contributed by atoms with Crippen molar-refractivity contribution in [3.63, 3.8) is 0 Å². The van der Waals surface area contributed by atoms with E-state index in [0.29, 0.717) is 16.9 Å². The maximum atomic E-state index is 12.0. The number of halogens is 1. The molecule has 24 heavy (non-hydrogen) atoms. The van der Waals surface area contributed by atoms with Crippen LogP contribution in [-0.2, 0) is 0 Å². The first-order valence-electron chi connectivity index (χ1n) is 7.14. The van der Waals surface area contributed by atoms with Crippen LogP contribution < -0.4 is 5.56 Å². The molecule has 0 atom stereocenters. The van der Waals surface area contributed by atoms with Gasteiger partial charge >= 0.3 is 0 Å². The first kappa shape index (κ1) is 16.1. The number of nitrogens with zero attached hydrogens (tertiary/aromatic N) is 2. The molecule has 0 bridgehead atoms. The Bertz CT molecular complexity index is 954. The van der Waals surface area contributed by atoms with Crippen LogP contribution in [0, 0.1) is 0 Å². The Kier molecular flexibility index (Phi) is 4.52. The largest absolute Gasteiger partial charge is 0.295 e. The second-order valence-corrected chi connectivity index (χ2v) is 6.03. The number of ketones is 1. The molecule has 0 saturated carbocycles. The average Bonchev–Trinajstić information content (AvgIpc) is 2.95. The zero-order chi connectivity index (χ0) is 17.1. The highest BCUT2D eigenvalue weighted by molar-refractivity contribution is 9.10. The Balaban J connectivity index is 1.92. The first-order valence-corrected chi connectivity index (χ1v) is 7.93. The summed E-state index contributed by atoms with van der Waals surface area (Å²) >= 11 is 3.37. The summed E-state index contributed by atoms with van der Waals surface area (Å²) in [5.74, 6) is -0.0157. The highest BCUT2D eigenvalue weighted by atomic mass is 79.9. The number of hydrogen-bond donors (Lipinski definition) is 2. The molecular weight excluding hydrogens is 372 g/mol. The van der Waals surface area contributed by atoms with Crippen LogP contribution in [0.4, 0.5) is 11.4 Å². The molecule has 1 aromatic heterocycles. The van der Waals surface area contributed by atoms with Gasteiger partial charge in [-0.25, -0.2) is 0 Å². The second-order valence-electron chi connectivity index (χ2n) is 5.11. The van der Waals surface area contributed by atoms with Crippen molar-refractivity contribution in [3.05, 3.63) is 68.9 Å². The van der Waals surface area contributed by atoms with Crippen LogP contribution in [0.1, 0.15) is 17.3 Å². The standard InChI is InChI=1S/C17H13BrN4O2/c1-10(23)11-4-8-14(9-5-11)19-21-16-15(20-22-17(16)24)12-2-6-13(18)7-3-12/h2-9H,1H3,(H2,20,22,24). The molecule has 120 valence electrons. The van der Waals surface area contributed by atoms with E-state index in [4.69, 9.17) is 0 Å². The fraction of sp³-hybridized carbons (Fsp3) is 0.0588. The van der Waals surface area contributed by atoms with Gasteiger partial charge < -0.3 is 0 Å². The summed E-state index contributed by atoms with van der Waals surface area (Å²) in [6.45, 7) is 1.50. The third-order valence-corrected chi connectivity index (χ3v) is 3.95. The molecule has 0 spiro atoms. The number of benzene rings is 2. The van der Waals surface area contributed by atoms with E-state index in [-0.39, 0.29) is 17.0 Å². The number of aromatic nitrogens is 2. The second kappa shape index (κ2) is 6.76. The number of rotatable bonds is 4. The molecule has 3 rings (SSSR count). The van der Waals surface area contributed by atoms with Crippen molar-refractivity contribution in [1.29, 1.82) is 0 Å². The van der Waals surface area contributed by atoms with Gasteiger partial charge in [0.25, 0.3) is 5.56 Å². The Hall–Kier alpha value is -2.80. The predicted molar refractivity (Wildman–Crippen MR) is 95.2 cm³/mol. The Labute approximate surface area is 145 Å². The zero-order valence-electron chi connectivity index (χ0n) is 12.7. The minimum atomic E-state index is -0.350. The van der Waals surface area contributed by atoms with Crippen molar-refractivity contribution in [2.24, 2.45) is 10.2 Å². The summed E-state index contributed by atoms with van der Waals surface area (Å²) in [6, 6.07) is 14.2. The third-order valence-electron chi connectivity index (χ3n) is 3.43. The summed E-state index contributed by atoms with van der Waals surface area (Å²) in [6.07, 6.45) is 0. The van der Waals surface area contributed by atoms with Gasteiger partial charge in [0.05, 0.1) is 11.4 Å². The zero-order valence-corrected chi connectivity index (χ0v) is 14.3. The van der Waals surface area contributed by atoms with Crippen molar-refractivity contribution in [2.45, 2.75) is 6.92 Å². The summed E-state index contributed by atoms with van der Waals surface area (Å²) in [7, 11) is 0. The van der Waals surface area contributed by atoms with Gasteiger partial charge in [-0.05, 0) is 43.3 Å². The van der Waals surface area contributed by atoms with Crippen LogP contribution in [0.25, 0.3) is 11.3 Å². The molecule has 0 aliphatic carbocycles. The van der Waals surface area contributed by atoms with Crippen LogP contribution in [0.3, 0.4) is 0 Å². The summed E-state index contributed by atoms with van der Waals surface area (Å²) in [5, 5.41) is 13.5. The number of carbonyl (C=O) groups excluding carboxylic acids is 1. The third kappa shape index (κ3) is 3.41. The molecule has 3 aromatic rings. The molecule has 0 amide bonds. The van der Waals surface area contributed by atoms with Crippen molar-refractivity contribution < 1.29 is 4.79 Å². The van der Waals surface area contributed by atoms with E-state index in [1.807, 2.05) is 24.3 Å². The lowest BCUT2D eigenvalue weighted by molar-refractivity contribution is 0.101. The fourth-order valence-corrected chi connectivity index (χ4v) is 2.41. The first-order chi connectivity index (χ1) is 11.5. The molecule has 0 radical (unpaired) electrons. The van der Waals surface area contributed by atoms with E-state index in [1.54, 1.807) is 24.3 Å². The summed E-state index contributed by atoms with van der Waals surface area (Å²) in [5.41, 5.74) is 2.39. The van der Waals surface area contributed by atoms with Crippen molar-refractivity contribution >= 4 is 33.1 Å². The van der Waals surface area contributed by atoms with Crippen molar-refractivity contribution in [3.8, 4) is 11.3 Å². The van der Waals surface area contributed by atoms with Crippen LogP contribution in [0.5, 0.6) is 0 Å². The van der Waals surface area contributed by atoms with E-state index in [9.17, 15) is 9.59 Å². The summed E-state index contributed by atoms with van der Waals surface area (Å²) < 4.78 is 0.942. The van der Waals surface area contributed by atoms with Crippen LogP contribution in [0.2, 0.25) is 0 Å². The Morgan fingerprint density at radius 2 is 1.62 bits per heavy atom. The molecule has 6 nitrogen and oxygen atoms in total. The molecule has 1 heterocycles. The van der Waals surface area contributed by atoms with Gasteiger partial charge in [0, 0.05) is 15.6 Å². The fourth-order valence-electron chi connectivity index (χ4n) is 2.14. The number of Topliss-reactive ketones (excluding diaryl/α,β-unsaturated/α-hetero) is 1. The van der Waals surface area contributed by atoms with Crippen LogP contribution in [-0.4, -0.2) is 16.0 Å². The number of hydrogen-bond acceptors (Lipinski definition) is 4. The van der Waals surface area contributed by atoms with Gasteiger partial charge in [0.2, 0.25) is 0 Å². The van der Waals surface area contributed by atoms with Crippen molar-refractivity contribution in [2.75, 3.05) is 0 Å². The van der Waals surface area contributed by atoms with E-state index in [1.165, 1.54) is 6.92 Å². The molecule has 2 N–H and O–H groups in total. The lowest BCUT2D eigenvalue weighted by Crippen LogP contribution is -1.96. The lowest BCUT2D eigenvalue weighted by atomic mass is 10.1. The smallest absolute Gasteiger partial charge is 0.292 e. The number of nitrogens with one attached hydrogen (secondary N) is 2. The maximum absolute atomic E-state index is 12.0. The molecule has 0 fully saturated rings. The molecule has 7 heteroatoms. The molecule has 2 aromatic carbocycles. The monoisotopic (exact) mass is 384 g/mol. The highest BCUT2D eigenvalue weighted by Crippen LogP contribution is 2.27. The normalized spacial score (nSPS) is 11.1. The topological polar surface area (TPSA) is 90.4 Å². The lowest BCUT2D eigenvalue weighted by Gasteiger charge is -1.99. The van der Waals surface area contributed by atoms with E-state index in [2.05, 4.69) is 36.4 Å². The molecule has 0 saturated heterocycles. The van der Waals surface area contributed by atoms with Gasteiger partial charge in [-0.15, -0.1) is 5.11 Å². The minimum absolute atomic E-state index is 0.0157. The Morgan fingerprint density at radius 3 is 2.25 bits per heavy atom. The quantitative estimate of drug-likeness (QED) is 0.501. The summed E-state index contributed by atoms with van der Waals surface area (Å²) in [4.78, 5) is 23.2. The number of carbonyl (C=O) groups is 1. The predicted octanol–water partition coefficient (Wildman–Crippen LogP) is 4.75. The average molecular weight is 385 g/mol. The maximum Gasteiger partial charge on any atom is 0.292 e. The van der Waals surface area contributed by atoms with Crippen LogP contribution in [0.15, 0.2) is 68.0 Å². The number of H-pyrrole nitrogens is 2. The SMILES string of the molecule is CC(=O)c1ccc(N=Nc2c(-c3ccc(Br)cc3)[nH][nH]c2=O)cc1. The van der Waals surface area contributed by atoms with Crippen LogP contribution >= 0.6 is 15.9 Å². The highest BCUT2D eigenvalue weighted by Gasteiger charge is 2.11. The van der Waals surface area contributed by atoms with Crippen molar-refractivity contribution in [1.82, 2.24) is 10.2 Å². The van der Waals surface area contributed by atoms with Gasteiger partial charge in [-0.1, -0.05) is 28.1 Å². The van der Waals surface area contributed by atoms with Gasteiger partial charge in [-0.2, -0.15) is 5.11 Å².